The lowest BCUT2D eigenvalue weighted by atomic mass is 9.61. The van der Waals surface area contributed by atoms with Gasteiger partial charge in [0.2, 0.25) is 0 Å². The average molecular weight is 562 g/mol. The lowest BCUT2D eigenvalue weighted by Crippen LogP contribution is -2.63. The second kappa shape index (κ2) is 9.95. The summed E-state index contributed by atoms with van der Waals surface area (Å²) in [5.41, 5.74) is 2.02. The normalized spacial score (nSPS) is 17.3. The van der Waals surface area contributed by atoms with Crippen molar-refractivity contribution < 1.29 is 26.3 Å². The molecule has 12 heteroatoms. The van der Waals surface area contributed by atoms with Crippen LogP contribution in [0.1, 0.15) is 24.2 Å². The molecule has 0 atom stereocenters. The van der Waals surface area contributed by atoms with Gasteiger partial charge in [0, 0.05) is 37.7 Å². The predicted octanol–water partition coefficient (Wildman–Crippen LogP) is 3.82. The number of hydrogen-bond donors (Lipinski definition) is 2. The predicted molar refractivity (Wildman–Crippen MR) is 143 cm³/mol. The number of likely N-dealkylation sites (tertiary alicyclic amines) is 1. The number of alkyl halides is 3. The van der Waals surface area contributed by atoms with Crippen molar-refractivity contribution >= 4 is 26.9 Å². The molecule has 3 heterocycles. The Balaban J connectivity index is 1.36. The summed E-state index contributed by atoms with van der Waals surface area (Å²) in [6.07, 6.45) is -0.850. The third kappa shape index (κ3) is 5.79. The van der Waals surface area contributed by atoms with E-state index in [-0.39, 0.29) is 28.9 Å². The van der Waals surface area contributed by atoms with Crippen LogP contribution >= 0.6 is 0 Å². The molecule has 1 saturated heterocycles. The van der Waals surface area contributed by atoms with Gasteiger partial charge in [-0.15, -0.1) is 0 Å². The van der Waals surface area contributed by atoms with Crippen molar-refractivity contribution in [3.8, 4) is 17.6 Å². The van der Waals surface area contributed by atoms with E-state index in [1.165, 1.54) is 23.6 Å². The molecule has 3 aromatic rings. The molecule has 8 nitrogen and oxygen atoms in total. The van der Waals surface area contributed by atoms with Crippen LogP contribution in [0.3, 0.4) is 0 Å². The zero-order valence-corrected chi connectivity index (χ0v) is 22.7. The lowest BCUT2D eigenvalue weighted by molar-refractivity contribution is -0.128. The van der Waals surface area contributed by atoms with E-state index in [9.17, 15) is 21.6 Å². The maximum absolute atomic E-state index is 13.5. The van der Waals surface area contributed by atoms with E-state index < -0.39 is 22.4 Å². The molecule has 2 aliphatic rings. The number of fused-ring (bicyclic) bond motifs is 1. The minimum absolute atomic E-state index is 0.0190. The van der Waals surface area contributed by atoms with Gasteiger partial charge in [0.1, 0.15) is 11.4 Å². The van der Waals surface area contributed by atoms with Crippen LogP contribution in [0, 0.1) is 17.3 Å². The number of benzene rings is 1. The quantitative estimate of drug-likeness (QED) is 0.424. The van der Waals surface area contributed by atoms with Crippen LogP contribution in [-0.2, 0) is 16.3 Å². The second-order valence-electron chi connectivity index (χ2n) is 10.5. The first-order valence-corrected chi connectivity index (χ1v) is 14.4. The summed E-state index contributed by atoms with van der Waals surface area (Å²) in [5.74, 6) is 5.95. The Morgan fingerprint density at radius 3 is 2.59 bits per heavy atom. The topological polar surface area (TPSA) is 88.0 Å². The van der Waals surface area contributed by atoms with Crippen LogP contribution in [0.2, 0.25) is 0 Å². The lowest BCUT2D eigenvalue weighted by Gasteiger charge is -2.58. The number of pyridine rings is 1. The van der Waals surface area contributed by atoms with E-state index >= 15 is 0 Å². The first-order chi connectivity index (χ1) is 18.4. The highest BCUT2D eigenvalue weighted by Crippen LogP contribution is 2.48. The fraction of sp³-hybridized carbons (Fsp3) is 0.444. The highest BCUT2D eigenvalue weighted by Gasteiger charge is 2.51. The van der Waals surface area contributed by atoms with Crippen molar-refractivity contribution in [2.45, 2.75) is 36.4 Å². The van der Waals surface area contributed by atoms with Crippen molar-refractivity contribution in [2.75, 3.05) is 50.7 Å². The summed E-state index contributed by atoms with van der Waals surface area (Å²) < 4.78 is 70.8. The third-order valence-corrected chi connectivity index (χ3v) is 8.33. The van der Waals surface area contributed by atoms with Crippen molar-refractivity contribution in [3.05, 3.63) is 47.9 Å². The van der Waals surface area contributed by atoms with E-state index in [0.29, 0.717) is 28.2 Å². The van der Waals surface area contributed by atoms with E-state index in [1.54, 1.807) is 18.3 Å². The standard InChI is InChI=1S/C27H30F3N5O3S/c1-34-16-26(17-34)13-18(14-26)32-22-7-5-11-35-23(15-27(28,29)30)20(33-25(22)35)6-4-10-31-21-9-8-19(39(3,36)37)12-24(21)38-2/h5,7-9,11-12,18,31-32H,10,13-17H2,1-3H3. The van der Waals surface area contributed by atoms with Gasteiger partial charge in [-0.2, -0.15) is 13.2 Å². The number of methoxy groups -OCH3 is 1. The smallest absolute Gasteiger partial charge is 0.394 e. The highest BCUT2D eigenvalue weighted by atomic mass is 32.2. The van der Waals surface area contributed by atoms with E-state index in [4.69, 9.17) is 4.74 Å². The summed E-state index contributed by atoms with van der Waals surface area (Å²) in [6.45, 7) is 2.24. The largest absolute Gasteiger partial charge is 0.495 e. The van der Waals surface area contributed by atoms with Gasteiger partial charge in [0.05, 0.1) is 42.0 Å². The number of ether oxygens (including phenoxy) is 1. The Morgan fingerprint density at radius 1 is 1.21 bits per heavy atom. The van der Waals surface area contributed by atoms with Crippen LogP contribution in [0.5, 0.6) is 5.75 Å². The van der Waals surface area contributed by atoms with Gasteiger partial charge in [-0.25, -0.2) is 13.4 Å². The highest BCUT2D eigenvalue weighted by molar-refractivity contribution is 7.90. The molecule has 1 saturated carbocycles. The van der Waals surface area contributed by atoms with Gasteiger partial charge in [0.25, 0.3) is 0 Å². The molecular weight excluding hydrogens is 531 g/mol. The van der Waals surface area contributed by atoms with Crippen molar-refractivity contribution in [1.29, 1.82) is 0 Å². The molecule has 1 spiro atoms. The zero-order chi connectivity index (χ0) is 28.0. The number of nitrogens with zero attached hydrogens (tertiary/aromatic N) is 3. The van der Waals surface area contributed by atoms with Crippen LogP contribution in [0.25, 0.3) is 5.65 Å². The fourth-order valence-corrected chi connectivity index (χ4v) is 6.30. The molecule has 1 aliphatic heterocycles. The van der Waals surface area contributed by atoms with Gasteiger partial charge >= 0.3 is 6.18 Å². The number of sulfone groups is 1. The Labute approximate surface area is 225 Å². The minimum Gasteiger partial charge on any atom is -0.495 e. The molecular formula is C27H30F3N5O3S. The van der Waals surface area contributed by atoms with Gasteiger partial charge in [0.15, 0.2) is 15.5 Å². The second-order valence-corrected chi connectivity index (χ2v) is 12.5. The Kier molecular flexibility index (Phi) is 6.93. The molecule has 2 aromatic heterocycles. The molecule has 2 fully saturated rings. The summed E-state index contributed by atoms with van der Waals surface area (Å²) in [7, 11) is 0.107. The maximum atomic E-state index is 13.5. The van der Waals surface area contributed by atoms with Crippen LogP contribution in [-0.4, -0.2) is 75.0 Å². The third-order valence-electron chi connectivity index (χ3n) is 7.22. The van der Waals surface area contributed by atoms with Crippen LogP contribution < -0.4 is 15.4 Å². The molecule has 39 heavy (non-hydrogen) atoms. The average Bonchev–Trinajstić information content (AvgIpc) is 3.15. The van der Waals surface area contributed by atoms with Gasteiger partial charge < -0.3 is 24.7 Å². The van der Waals surface area contributed by atoms with Gasteiger partial charge in [-0.05, 0) is 55.5 Å². The summed E-state index contributed by atoms with van der Waals surface area (Å²) >= 11 is 0. The maximum Gasteiger partial charge on any atom is 0.394 e. The molecule has 0 amide bonds. The van der Waals surface area contributed by atoms with E-state index in [2.05, 4.69) is 39.4 Å². The Hall–Kier alpha value is -3.43. The molecule has 0 bridgehead atoms. The van der Waals surface area contributed by atoms with Gasteiger partial charge in [-0.3, -0.25) is 0 Å². The summed E-state index contributed by atoms with van der Waals surface area (Å²) in [4.78, 5) is 6.90. The Bertz CT molecular complexity index is 1560. The number of imidazole rings is 1. The zero-order valence-electron chi connectivity index (χ0n) is 21.9. The minimum atomic E-state index is -4.43. The molecule has 208 valence electrons. The number of halogens is 3. The number of hydrogen-bond acceptors (Lipinski definition) is 7. The molecule has 2 N–H and O–H groups in total. The first kappa shape index (κ1) is 27.1. The van der Waals surface area contributed by atoms with Gasteiger partial charge in [-0.1, -0.05) is 5.92 Å². The first-order valence-electron chi connectivity index (χ1n) is 12.5. The SMILES string of the molecule is COc1cc(S(C)(=O)=O)ccc1NCC#Cc1nc2c(NC3CC4(C3)CN(C)C4)cccn2c1CC(F)(F)F. The number of nitrogens with one attached hydrogen (secondary N) is 2. The number of rotatable bonds is 7. The van der Waals surface area contributed by atoms with Crippen LogP contribution in [0.15, 0.2) is 41.4 Å². The molecule has 0 unspecified atom stereocenters. The molecule has 1 aliphatic carbocycles. The van der Waals surface area contributed by atoms with Crippen molar-refractivity contribution in [1.82, 2.24) is 14.3 Å². The number of aromatic nitrogens is 2. The molecule has 1 aromatic carbocycles. The van der Waals surface area contributed by atoms with Crippen molar-refractivity contribution in [3.63, 3.8) is 0 Å². The molecule has 0 radical (unpaired) electrons. The van der Waals surface area contributed by atoms with E-state index in [1.807, 2.05) is 6.07 Å². The fourth-order valence-electron chi connectivity index (χ4n) is 5.67. The number of anilines is 2. The van der Waals surface area contributed by atoms with E-state index in [0.717, 1.165) is 32.2 Å². The molecule has 5 rings (SSSR count). The summed E-state index contributed by atoms with van der Waals surface area (Å²) in [6, 6.07) is 8.21. The van der Waals surface area contributed by atoms with Crippen molar-refractivity contribution in [2.24, 2.45) is 5.41 Å². The Morgan fingerprint density at radius 2 is 1.95 bits per heavy atom. The van der Waals surface area contributed by atoms with Crippen LogP contribution in [0.4, 0.5) is 24.5 Å². The summed E-state index contributed by atoms with van der Waals surface area (Å²) in [5, 5.41) is 6.50. The monoisotopic (exact) mass is 561 g/mol.